The van der Waals surface area contributed by atoms with Gasteiger partial charge in [0.15, 0.2) is 6.10 Å². The number of halogens is 2. The molecule has 9 heteroatoms. The van der Waals surface area contributed by atoms with Gasteiger partial charge in [0.2, 0.25) is 5.91 Å². The monoisotopic (exact) mass is 376 g/mol. The lowest BCUT2D eigenvalue weighted by atomic mass is 10.1. The maximum Gasteiger partial charge on any atom is 0.326 e. The number of rotatable bonds is 7. The summed E-state index contributed by atoms with van der Waals surface area (Å²) in [5.74, 6) is -2.37. The summed E-state index contributed by atoms with van der Waals surface area (Å²) in [4.78, 5) is 35.6. The summed E-state index contributed by atoms with van der Waals surface area (Å²) in [6.07, 6.45) is -1.62. The van der Waals surface area contributed by atoms with Crippen molar-refractivity contribution in [2.45, 2.75) is 26.0 Å². The number of amides is 2. The molecule has 0 bridgehead atoms. The summed E-state index contributed by atoms with van der Waals surface area (Å²) in [5.41, 5.74) is 0.152. The Morgan fingerprint density at radius 2 is 1.75 bits per heavy atom. The van der Waals surface area contributed by atoms with Gasteiger partial charge in [0, 0.05) is 30.1 Å². The van der Waals surface area contributed by atoms with Crippen LogP contribution in [-0.4, -0.2) is 52.0 Å². The van der Waals surface area contributed by atoms with Gasteiger partial charge in [-0.1, -0.05) is 23.2 Å². The third-order valence-corrected chi connectivity index (χ3v) is 3.71. The van der Waals surface area contributed by atoms with Crippen LogP contribution in [0.15, 0.2) is 18.2 Å². The number of hydrogen-bond acceptors (Lipinski definition) is 4. The van der Waals surface area contributed by atoms with Crippen molar-refractivity contribution in [2.24, 2.45) is 0 Å². The number of carbonyl (C=O) groups is 3. The molecule has 0 spiro atoms. The van der Waals surface area contributed by atoms with Crippen LogP contribution in [0.3, 0.4) is 0 Å². The Morgan fingerprint density at radius 1 is 1.21 bits per heavy atom. The quantitative estimate of drug-likeness (QED) is 0.667. The maximum absolute atomic E-state index is 12.5. The first-order valence-corrected chi connectivity index (χ1v) is 7.81. The van der Waals surface area contributed by atoms with Crippen LogP contribution in [0.25, 0.3) is 0 Å². The number of aliphatic hydroxyl groups is 1. The SMILES string of the molecule is CC(=O)NCCN(C(=O)C(O)c1cc(Cl)cc(Cl)c1)C(C)C(=O)O. The van der Waals surface area contributed by atoms with Gasteiger partial charge in [-0.05, 0) is 30.7 Å². The van der Waals surface area contributed by atoms with E-state index >= 15 is 0 Å². The van der Waals surface area contributed by atoms with E-state index in [2.05, 4.69) is 5.32 Å². The molecule has 0 aliphatic heterocycles. The summed E-state index contributed by atoms with van der Waals surface area (Å²) in [7, 11) is 0. The Morgan fingerprint density at radius 3 is 2.21 bits per heavy atom. The fourth-order valence-electron chi connectivity index (χ4n) is 2.01. The molecule has 0 aliphatic rings. The summed E-state index contributed by atoms with van der Waals surface area (Å²) in [5, 5.41) is 22.3. The Labute approximate surface area is 149 Å². The molecule has 2 unspecified atom stereocenters. The standard InChI is InChI=1S/C15H18Cl2N2O5/c1-8(15(23)24)19(4-3-18-9(2)20)14(22)13(21)10-5-11(16)7-12(17)6-10/h5-8,13,21H,3-4H2,1-2H3,(H,18,20)(H,23,24). The first-order valence-electron chi connectivity index (χ1n) is 7.05. The molecule has 7 nitrogen and oxygen atoms in total. The smallest absolute Gasteiger partial charge is 0.326 e. The van der Waals surface area contributed by atoms with Crippen molar-refractivity contribution in [2.75, 3.05) is 13.1 Å². The van der Waals surface area contributed by atoms with Crippen LogP contribution in [-0.2, 0) is 14.4 Å². The van der Waals surface area contributed by atoms with Gasteiger partial charge in [0.05, 0.1) is 0 Å². The number of hydrogen-bond donors (Lipinski definition) is 3. The van der Waals surface area contributed by atoms with Crippen molar-refractivity contribution in [1.82, 2.24) is 10.2 Å². The minimum atomic E-state index is -1.62. The highest BCUT2D eigenvalue weighted by Gasteiger charge is 2.30. The molecule has 1 rings (SSSR count). The van der Waals surface area contributed by atoms with Crippen molar-refractivity contribution >= 4 is 41.0 Å². The van der Waals surface area contributed by atoms with E-state index in [0.29, 0.717) is 0 Å². The molecule has 0 aliphatic carbocycles. The van der Waals surface area contributed by atoms with E-state index in [-0.39, 0.29) is 34.6 Å². The normalized spacial score (nSPS) is 13.0. The topological polar surface area (TPSA) is 107 Å². The average Bonchev–Trinajstić information content (AvgIpc) is 2.48. The average molecular weight is 377 g/mol. The molecule has 0 aromatic heterocycles. The van der Waals surface area contributed by atoms with Gasteiger partial charge in [-0.25, -0.2) is 4.79 Å². The molecule has 1 aromatic rings. The molecule has 3 N–H and O–H groups in total. The van der Waals surface area contributed by atoms with Crippen molar-refractivity contribution in [1.29, 1.82) is 0 Å². The highest BCUT2D eigenvalue weighted by molar-refractivity contribution is 6.34. The van der Waals surface area contributed by atoms with Crippen LogP contribution in [0, 0.1) is 0 Å². The van der Waals surface area contributed by atoms with Crippen LogP contribution >= 0.6 is 23.2 Å². The molecule has 0 saturated heterocycles. The first-order chi connectivity index (χ1) is 11.1. The van der Waals surface area contributed by atoms with Crippen molar-refractivity contribution in [3.8, 4) is 0 Å². The van der Waals surface area contributed by atoms with E-state index in [1.807, 2.05) is 0 Å². The fourth-order valence-corrected chi connectivity index (χ4v) is 2.56. The van der Waals surface area contributed by atoms with Crippen LogP contribution < -0.4 is 5.32 Å². The lowest BCUT2D eigenvalue weighted by Gasteiger charge is -2.28. The maximum atomic E-state index is 12.5. The molecule has 24 heavy (non-hydrogen) atoms. The van der Waals surface area contributed by atoms with E-state index in [1.165, 1.54) is 32.0 Å². The molecule has 2 atom stereocenters. The first kappa shape index (κ1) is 20.2. The largest absolute Gasteiger partial charge is 0.480 e. The van der Waals surface area contributed by atoms with Gasteiger partial charge in [-0.3, -0.25) is 9.59 Å². The van der Waals surface area contributed by atoms with Crippen LogP contribution in [0.2, 0.25) is 10.0 Å². The highest BCUT2D eigenvalue weighted by Crippen LogP contribution is 2.25. The predicted octanol–water partition coefficient (Wildman–Crippen LogP) is 1.46. The zero-order chi connectivity index (χ0) is 18.4. The van der Waals surface area contributed by atoms with Crippen LogP contribution in [0.1, 0.15) is 25.5 Å². The van der Waals surface area contributed by atoms with E-state index in [1.54, 1.807) is 0 Å². The minimum absolute atomic E-state index is 0.0573. The third-order valence-electron chi connectivity index (χ3n) is 3.27. The van der Waals surface area contributed by atoms with E-state index in [4.69, 9.17) is 28.3 Å². The van der Waals surface area contributed by atoms with Crippen molar-refractivity contribution < 1.29 is 24.6 Å². The van der Waals surface area contributed by atoms with Gasteiger partial charge < -0.3 is 20.4 Å². The number of benzene rings is 1. The Bertz CT molecular complexity index is 618. The summed E-state index contributed by atoms with van der Waals surface area (Å²) in [6.45, 7) is 2.60. The third kappa shape index (κ3) is 5.67. The zero-order valence-electron chi connectivity index (χ0n) is 13.1. The summed E-state index contributed by atoms with van der Waals surface area (Å²) < 4.78 is 0. The molecular formula is C15H18Cl2N2O5. The van der Waals surface area contributed by atoms with E-state index < -0.39 is 24.0 Å². The molecule has 0 radical (unpaired) electrons. The molecule has 132 valence electrons. The second kappa shape index (κ2) is 8.86. The van der Waals surface area contributed by atoms with E-state index in [0.717, 1.165) is 4.90 Å². The van der Waals surface area contributed by atoms with Crippen molar-refractivity contribution in [3.05, 3.63) is 33.8 Å². The van der Waals surface area contributed by atoms with Gasteiger partial charge in [-0.15, -0.1) is 0 Å². The number of aliphatic carboxylic acids is 1. The lowest BCUT2D eigenvalue weighted by molar-refractivity contribution is -0.153. The molecule has 2 amide bonds. The predicted molar refractivity (Wildman–Crippen MR) is 88.9 cm³/mol. The van der Waals surface area contributed by atoms with Gasteiger partial charge in [-0.2, -0.15) is 0 Å². The highest BCUT2D eigenvalue weighted by atomic mass is 35.5. The van der Waals surface area contributed by atoms with Gasteiger partial charge in [0.1, 0.15) is 6.04 Å². The molecule has 0 heterocycles. The fraction of sp³-hybridized carbons (Fsp3) is 0.400. The summed E-state index contributed by atoms with van der Waals surface area (Å²) >= 11 is 11.7. The Kier molecular flexibility index (Phi) is 7.47. The Balaban J connectivity index is 3.00. The number of nitrogens with zero attached hydrogens (tertiary/aromatic N) is 1. The minimum Gasteiger partial charge on any atom is -0.480 e. The number of carboxylic acids is 1. The van der Waals surface area contributed by atoms with E-state index in [9.17, 15) is 19.5 Å². The second-order valence-corrected chi connectivity index (χ2v) is 6.01. The molecular weight excluding hydrogens is 359 g/mol. The molecule has 0 saturated carbocycles. The zero-order valence-corrected chi connectivity index (χ0v) is 14.6. The number of carbonyl (C=O) groups excluding carboxylic acids is 2. The number of nitrogens with one attached hydrogen (secondary N) is 1. The Hall–Kier alpha value is -1.83. The van der Waals surface area contributed by atoms with Crippen molar-refractivity contribution in [3.63, 3.8) is 0 Å². The number of carboxylic acid groups (broad SMARTS) is 1. The number of aliphatic hydroxyl groups excluding tert-OH is 1. The van der Waals surface area contributed by atoms with Crippen LogP contribution in [0.4, 0.5) is 0 Å². The molecule has 1 aromatic carbocycles. The lowest BCUT2D eigenvalue weighted by Crippen LogP contribution is -2.48. The summed E-state index contributed by atoms with van der Waals surface area (Å²) in [6, 6.07) is 2.99. The van der Waals surface area contributed by atoms with Gasteiger partial charge >= 0.3 is 5.97 Å². The van der Waals surface area contributed by atoms with Crippen LogP contribution in [0.5, 0.6) is 0 Å². The molecule has 0 fully saturated rings. The second-order valence-electron chi connectivity index (χ2n) is 5.13. The van der Waals surface area contributed by atoms with Gasteiger partial charge in [0.25, 0.3) is 5.91 Å².